The Balaban J connectivity index is 0.000000640. The minimum absolute atomic E-state index is 0. The number of allylic oxidation sites excluding steroid dienone is 3. The molecule has 1 heterocycles. The van der Waals surface area contributed by atoms with Crippen LogP contribution in [-0.2, 0) is 0 Å². The van der Waals surface area contributed by atoms with Crippen LogP contribution in [0.1, 0.15) is 13.8 Å². The van der Waals surface area contributed by atoms with E-state index in [9.17, 15) is 0 Å². The first-order valence-corrected chi connectivity index (χ1v) is 3.05. The SMILES string of the molecule is CC[NH+]1C=CC=C1C.[Cl-]. The molecule has 0 spiro atoms. The van der Waals surface area contributed by atoms with Crippen LogP contribution in [-0.4, -0.2) is 6.54 Å². The van der Waals surface area contributed by atoms with Crippen LogP contribution in [0, 0.1) is 0 Å². The molecular weight excluding hydrogens is 134 g/mol. The summed E-state index contributed by atoms with van der Waals surface area (Å²) in [5.41, 5.74) is 1.42. The van der Waals surface area contributed by atoms with Crippen molar-refractivity contribution in [3.8, 4) is 0 Å². The van der Waals surface area contributed by atoms with E-state index in [1.54, 1.807) is 0 Å². The maximum atomic E-state index is 2.18. The fraction of sp³-hybridized carbons (Fsp3) is 0.429. The Morgan fingerprint density at radius 3 is 2.44 bits per heavy atom. The van der Waals surface area contributed by atoms with E-state index in [1.807, 2.05) is 0 Å². The van der Waals surface area contributed by atoms with Gasteiger partial charge in [0.2, 0.25) is 0 Å². The zero-order valence-electron chi connectivity index (χ0n) is 5.82. The van der Waals surface area contributed by atoms with E-state index in [-0.39, 0.29) is 12.4 Å². The predicted octanol–water partition coefficient (Wildman–Crippen LogP) is -2.67. The van der Waals surface area contributed by atoms with Crippen LogP contribution in [0.15, 0.2) is 24.0 Å². The first-order chi connectivity index (χ1) is 3.84. The molecule has 2 heteroatoms. The summed E-state index contributed by atoms with van der Waals surface area (Å²) in [5.74, 6) is 0. The zero-order chi connectivity index (χ0) is 5.98. The number of nitrogens with one attached hydrogen (secondary N) is 1. The lowest BCUT2D eigenvalue weighted by atomic mass is 10.4. The molecule has 0 radical (unpaired) electrons. The van der Waals surface area contributed by atoms with Crippen LogP contribution in [0.5, 0.6) is 0 Å². The van der Waals surface area contributed by atoms with E-state index in [0.717, 1.165) is 0 Å². The maximum Gasteiger partial charge on any atom is 0.109 e. The van der Waals surface area contributed by atoms with Gasteiger partial charge >= 0.3 is 0 Å². The summed E-state index contributed by atoms with van der Waals surface area (Å²) in [7, 11) is 0. The first kappa shape index (κ1) is 8.73. The quantitative estimate of drug-likeness (QED) is 0.411. The molecule has 0 aromatic heterocycles. The molecule has 0 bridgehead atoms. The lowest BCUT2D eigenvalue weighted by molar-refractivity contribution is -0.799. The highest BCUT2D eigenvalue weighted by atomic mass is 35.5. The summed E-state index contributed by atoms with van der Waals surface area (Å²) in [6, 6.07) is 0. The molecule has 0 saturated carbocycles. The van der Waals surface area contributed by atoms with Crippen LogP contribution >= 0.6 is 0 Å². The second kappa shape index (κ2) is 3.70. The van der Waals surface area contributed by atoms with Crippen LogP contribution < -0.4 is 17.3 Å². The minimum Gasteiger partial charge on any atom is -1.00 e. The molecule has 1 atom stereocenters. The van der Waals surface area contributed by atoms with Gasteiger partial charge in [-0.25, -0.2) is 0 Å². The fourth-order valence-electron chi connectivity index (χ4n) is 0.944. The van der Waals surface area contributed by atoms with Crippen molar-refractivity contribution >= 4 is 0 Å². The molecule has 1 aliphatic rings. The van der Waals surface area contributed by atoms with Gasteiger partial charge in [0.25, 0.3) is 0 Å². The second-order valence-corrected chi connectivity index (χ2v) is 2.09. The molecular formula is C7H12ClN. The number of halogens is 1. The van der Waals surface area contributed by atoms with Gasteiger partial charge in [-0.3, -0.25) is 4.90 Å². The van der Waals surface area contributed by atoms with Gasteiger partial charge in [-0.05, 0) is 19.1 Å². The van der Waals surface area contributed by atoms with Gasteiger partial charge in [0.05, 0.1) is 12.7 Å². The number of hydrogen-bond donors (Lipinski definition) is 1. The Morgan fingerprint density at radius 2 is 2.22 bits per heavy atom. The summed E-state index contributed by atoms with van der Waals surface area (Å²) in [4.78, 5) is 1.48. The molecule has 0 saturated heterocycles. The summed E-state index contributed by atoms with van der Waals surface area (Å²) >= 11 is 0. The highest BCUT2D eigenvalue weighted by Crippen LogP contribution is 1.86. The van der Waals surface area contributed by atoms with Crippen molar-refractivity contribution in [3.05, 3.63) is 24.0 Å². The predicted molar refractivity (Wildman–Crippen MR) is 34.4 cm³/mol. The first-order valence-electron chi connectivity index (χ1n) is 3.05. The fourth-order valence-corrected chi connectivity index (χ4v) is 0.944. The van der Waals surface area contributed by atoms with E-state index < -0.39 is 0 Å². The maximum absolute atomic E-state index is 2.18. The van der Waals surface area contributed by atoms with Gasteiger partial charge in [0, 0.05) is 6.92 Å². The van der Waals surface area contributed by atoms with Crippen LogP contribution in [0.4, 0.5) is 0 Å². The summed E-state index contributed by atoms with van der Waals surface area (Å²) in [5, 5.41) is 0. The Hall–Kier alpha value is -0.270. The molecule has 0 aromatic carbocycles. The number of hydrogen-bond acceptors (Lipinski definition) is 0. The average molecular weight is 146 g/mol. The van der Waals surface area contributed by atoms with Gasteiger partial charge in [-0.1, -0.05) is 0 Å². The minimum atomic E-state index is 0. The van der Waals surface area contributed by atoms with E-state index in [4.69, 9.17) is 0 Å². The second-order valence-electron chi connectivity index (χ2n) is 2.09. The average Bonchev–Trinajstić information content (AvgIpc) is 2.14. The van der Waals surface area contributed by atoms with E-state index in [2.05, 4.69) is 32.2 Å². The lowest BCUT2D eigenvalue weighted by Crippen LogP contribution is -3.03. The van der Waals surface area contributed by atoms with Gasteiger partial charge in [-0.2, -0.15) is 0 Å². The molecule has 9 heavy (non-hydrogen) atoms. The third-order valence-corrected chi connectivity index (χ3v) is 1.53. The largest absolute Gasteiger partial charge is 1.00 e. The highest BCUT2D eigenvalue weighted by Gasteiger charge is 2.06. The van der Waals surface area contributed by atoms with Gasteiger partial charge in [0.1, 0.15) is 5.70 Å². The molecule has 1 unspecified atom stereocenters. The molecule has 0 aromatic rings. The molecule has 0 amide bonds. The van der Waals surface area contributed by atoms with E-state index in [0.29, 0.717) is 0 Å². The third-order valence-electron chi connectivity index (χ3n) is 1.53. The Labute approximate surface area is 62.5 Å². The van der Waals surface area contributed by atoms with E-state index in [1.165, 1.54) is 17.1 Å². The molecule has 1 aliphatic heterocycles. The molecule has 0 fully saturated rings. The van der Waals surface area contributed by atoms with Crippen LogP contribution in [0.3, 0.4) is 0 Å². The summed E-state index contributed by atoms with van der Waals surface area (Å²) in [6.45, 7) is 5.50. The summed E-state index contributed by atoms with van der Waals surface area (Å²) < 4.78 is 0. The highest BCUT2D eigenvalue weighted by molar-refractivity contribution is 5.08. The smallest absolute Gasteiger partial charge is 0.109 e. The van der Waals surface area contributed by atoms with Crippen molar-refractivity contribution in [2.75, 3.05) is 6.54 Å². The molecule has 0 aliphatic carbocycles. The topological polar surface area (TPSA) is 4.44 Å². The lowest BCUT2D eigenvalue weighted by Gasteiger charge is -2.05. The Bertz CT molecular complexity index is 138. The number of rotatable bonds is 1. The monoisotopic (exact) mass is 145 g/mol. The molecule has 1 N–H and O–H groups in total. The Morgan fingerprint density at radius 1 is 1.56 bits per heavy atom. The molecule has 1 nitrogen and oxygen atoms in total. The van der Waals surface area contributed by atoms with Crippen LogP contribution in [0.2, 0.25) is 0 Å². The normalized spacial score (nSPS) is 23.3. The summed E-state index contributed by atoms with van der Waals surface area (Å²) in [6.07, 6.45) is 6.43. The van der Waals surface area contributed by atoms with Gasteiger partial charge in [-0.15, -0.1) is 0 Å². The van der Waals surface area contributed by atoms with Gasteiger partial charge < -0.3 is 12.4 Å². The van der Waals surface area contributed by atoms with Crippen molar-refractivity contribution in [2.24, 2.45) is 0 Å². The molecule has 52 valence electrons. The van der Waals surface area contributed by atoms with Crippen molar-refractivity contribution in [1.82, 2.24) is 0 Å². The standard InChI is InChI=1S/C7H11N.ClH/c1-3-8-6-4-5-7(8)2;/h4-6H,3H2,1-2H3;1H. The van der Waals surface area contributed by atoms with Crippen molar-refractivity contribution in [1.29, 1.82) is 0 Å². The van der Waals surface area contributed by atoms with E-state index >= 15 is 0 Å². The van der Waals surface area contributed by atoms with Gasteiger partial charge in [0.15, 0.2) is 0 Å². The van der Waals surface area contributed by atoms with Crippen molar-refractivity contribution in [2.45, 2.75) is 13.8 Å². The third kappa shape index (κ3) is 1.84. The zero-order valence-corrected chi connectivity index (χ0v) is 6.57. The number of quaternary nitrogens is 1. The Kier molecular flexibility index (Phi) is 3.59. The molecule has 1 rings (SSSR count). The van der Waals surface area contributed by atoms with Crippen molar-refractivity contribution < 1.29 is 17.3 Å². The van der Waals surface area contributed by atoms with Crippen LogP contribution in [0.25, 0.3) is 0 Å². The van der Waals surface area contributed by atoms with Crippen molar-refractivity contribution in [3.63, 3.8) is 0 Å².